The topological polar surface area (TPSA) is 93.1 Å². The highest BCUT2D eigenvalue weighted by Gasteiger charge is 2.08. The van der Waals surface area contributed by atoms with E-state index in [2.05, 4.69) is 15.7 Å². The molecule has 0 spiro atoms. The smallest absolute Gasteiger partial charge is 0.268 e. The summed E-state index contributed by atoms with van der Waals surface area (Å²) < 4.78 is 23.9. The molecule has 0 unspecified atom stereocenters. The molecule has 19 heavy (non-hydrogen) atoms. The Morgan fingerprint density at radius 2 is 2.11 bits per heavy atom. The Bertz CT molecular complexity index is 553. The molecule has 0 aromatic carbocycles. The fourth-order valence-electron chi connectivity index (χ4n) is 1.40. The fraction of sp³-hybridized carbons (Fsp3) is 0.636. The third-order valence-electron chi connectivity index (χ3n) is 2.63. The minimum absolute atomic E-state index is 0.0665. The minimum Gasteiger partial charge on any atom is -0.382 e. The quantitative estimate of drug-likeness (QED) is 0.615. The Morgan fingerprint density at radius 1 is 1.37 bits per heavy atom. The Balaban J connectivity index is 2.65. The van der Waals surface area contributed by atoms with Crippen LogP contribution in [0.5, 0.6) is 0 Å². The van der Waals surface area contributed by atoms with E-state index in [-0.39, 0.29) is 23.6 Å². The third-order valence-corrected chi connectivity index (χ3v) is 4.31. The van der Waals surface area contributed by atoms with Crippen molar-refractivity contribution in [1.82, 2.24) is 15.1 Å². The van der Waals surface area contributed by atoms with Crippen molar-refractivity contribution in [3.63, 3.8) is 0 Å². The van der Waals surface area contributed by atoms with Gasteiger partial charge in [-0.1, -0.05) is 6.92 Å². The lowest BCUT2D eigenvalue weighted by atomic mass is 10.4. The van der Waals surface area contributed by atoms with Crippen molar-refractivity contribution in [2.75, 3.05) is 37.0 Å². The zero-order valence-electron chi connectivity index (χ0n) is 11.2. The van der Waals surface area contributed by atoms with Gasteiger partial charge in [0.25, 0.3) is 5.56 Å². The van der Waals surface area contributed by atoms with E-state index in [9.17, 15) is 13.2 Å². The number of hydrogen-bond donors (Lipinski definition) is 2. The van der Waals surface area contributed by atoms with E-state index in [1.165, 1.54) is 12.3 Å². The van der Waals surface area contributed by atoms with Crippen LogP contribution in [0.2, 0.25) is 0 Å². The van der Waals surface area contributed by atoms with E-state index in [1.807, 2.05) is 7.05 Å². The van der Waals surface area contributed by atoms with Crippen LogP contribution in [0.25, 0.3) is 0 Å². The molecule has 0 aliphatic carbocycles. The predicted octanol–water partition coefficient (Wildman–Crippen LogP) is -0.691. The SMILES string of the molecule is CCS(=O)(=O)CCn1ncc(NCCNC)cc1=O. The van der Waals surface area contributed by atoms with Crippen molar-refractivity contribution >= 4 is 15.5 Å². The van der Waals surface area contributed by atoms with E-state index in [0.29, 0.717) is 12.2 Å². The second-order valence-electron chi connectivity index (χ2n) is 4.07. The summed E-state index contributed by atoms with van der Waals surface area (Å²) in [4.78, 5) is 11.7. The summed E-state index contributed by atoms with van der Waals surface area (Å²) in [7, 11) is -1.25. The molecule has 0 aliphatic rings. The van der Waals surface area contributed by atoms with Gasteiger partial charge < -0.3 is 10.6 Å². The highest BCUT2D eigenvalue weighted by Crippen LogP contribution is 1.99. The van der Waals surface area contributed by atoms with Gasteiger partial charge in [-0.2, -0.15) is 5.10 Å². The molecule has 8 heteroatoms. The maximum Gasteiger partial charge on any atom is 0.268 e. The highest BCUT2D eigenvalue weighted by atomic mass is 32.2. The summed E-state index contributed by atoms with van der Waals surface area (Å²) in [6.07, 6.45) is 1.52. The Morgan fingerprint density at radius 3 is 2.68 bits per heavy atom. The van der Waals surface area contributed by atoms with Crippen LogP contribution in [0.3, 0.4) is 0 Å². The van der Waals surface area contributed by atoms with Crippen LogP contribution in [0.4, 0.5) is 5.69 Å². The van der Waals surface area contributed by atoms with Crippen molar-refractivity contribution in [3.05, 3.63) is 22.6 Å². The van der Waals surface area contributed by atoms with Gasteiger partial charge in [-0.3, -0.25) is 4.79 Å². The van der Waals surface area contributed by atoms with Crippen molar-refractivity contribution in [2.24, 2.45) is 0 Å². The molecule has 1 rings (SSSR count). The summed E-state index contributed by atoms with van der Waals surface area (Å²) in [6, 6.07) is 1.42. The van der Waals surface area contributed by atoms with Gasteiger partial charge in [0.2, 0.25) is 0 Å². The number of likely N-dealkylation sites (N-methyl/N-ethyl adjacent to an activating group) is 1. The molecule has 0 bridgehead atoms. The normalized spacial score (nSPS) is 11.5. The number of nitrogens with zero attached hydrogens (tertiary/aromatic N) is 2. The molecular weight excluding hydrogens is 268 g/mol. The molecule has 7 nitrogen and oxygen atoms in total. The number of anilines is 1. The number of nitrogens with one attached hydrogen (secondary N) is 2. The molecule has 0 saturated carbocycles. The van der Waals surface area contributed by atoms with Crippen LogP contribution < -0.4 is 16.2 Å². The summed E-state index contributed by atoms with van der Waals surface area (Å²) in [5, 5.41) is 9.97. The maximum absolute atomic E-state index is 11.7. The number of sulfone groups is 1. The summed E-state index contributed by atoms with van der Waals surface area (Å²) in [5.41, 5.74) is 0.329. The molecule has 108 valence electrons. The number of aromatic nitrogens is 2. The fourth-order valence-corrected chi connectivity index (χ4v) is 2.14. The molecule has 1 aromatic rings. The summed E-state index contributed by atoms with van der Waals surface area (Å²) in [6.45, 7) is 3.13. The summed E-state index contributed by atoms with van der Waals surface area (Å²) >= 11 is 0. The third kappa shape index (κ3) is 5.39. The van der Waals surface area contributed by atoms with Crippen molar-refractivity contribution < 1.29 is 8.42 Å². The van der Waals surface area contributed by atoms with Gasteiger partial charge in [0.1, 0.15) is 0 Å². The largest absolute Gasteiger partial charge is 0.382 e. The monoisotopic (exact) mass is 288 g/mol. The number of hydrogen-bond acceptors (Lipinski definition) is 6. The standard InChI is InChI=1S/C11H20N4O3S/c1-3-19(17,18)7-6-15-11(16)8-10(9-14-15)13-5-4-12-2/h8-9,12-13H,3-7H2,1-2H3. The first-order chi connectivity index (χ1) is 8.98. The van der Waals surface area contributed by atoms with E-state index in [1.54, 1.807) is 6.92 Å². The van der Waals surface area contributed by atoms with Crippen LogP contribution in [0.15, 0.2) is 17.1 Å². The Hall–Kier alpha value is -1.41. The lowest BCUT2D eigenvalue weighted by molar-refractivity contribution is 0.572. The second-order valence-corrected chi connectivity index (χ2v) is 6.55. The van der Waals surface area contributed by atoms with E-state index in [0.717, 1.165) is 11.2 Å². The molecule has 1 aromatic heterocycles. The first-order valence-corrected chi connectivity index (χ1v) is 7.96. The Kier molecular flexibility index (Phi) is 5.97. The lowest BCUT2D eigenvalue weighted by Crippen LogP contribution is -2.27. The van der Waals surface area contributed by atoms with Gasteiger partial charge in [-0.15, -0.1) is 0 Å². The van der Waals surface area contributed by atoms with Crippen LogP contribution >= 0.6 is 0 Å². The zero-order chi connectivity index (χ0) is 14.3. The summed E-state index contributed by atoms with van der Waals surface area (Å²) in [5.74, 6) is 0.00828. The molecule has 0 radical (unpaired) electrons. The van der Waals surface area contributed by atoms with Gasteiger partial charge in [0, 0.05) is 24.9 Å². The molecule has 2 N–H and O–H groups in total. The van der Waals surface area contributed by atoms with Crippen LogP contribution in [0, 0.1) is 0 Å². The van der Waals surface area contributed by atoms with E-state index in [4.69, 9.17) is 0 Å². The molecule has 0 fully saturated rings. The van der Waals surface area contributed by atoms with Crippen LogP contribution in [0.1, 0.15) is 6.92 Å². The molecule has 0 atom stereocenters. The second kappa shape index (κ2) is 7.25. The molecule has 0 amide bonds. The molecular formula is C11H20N4O3S. The average Bonchev–Trinajstić information content (AvgIpc) is 2.38. The van der Waals surface area contributed by atoms with Crippen LogP contribution in [-0.2, 0) is 16.4 Å². The first-order valence-electron chi connectivity index (χ1n) is 6.14. The Labute approximate surface area is 112 Å². The minimum atomic E-state index is -3.09. The van der Waals surface area contributed by atoms with Gasteiger partial charge >= 0.3 is 0 Å². The van der Waals surface area contributed by atoms with Crippen molar-refractivity contribution in [2.45, 2.75) is 13.5 Å². The molecule has 0 aliphatic heterocycles. The number of aryl methyl sites for hydroxylation is 1. The van der Waals surface area contributed by atoms with E-state index >= 15 is 0 Å². The molecule has 0 saturated heterocycles. The predicted molar refractivity (Wildman–Crippen MR) is 75.2 cm³/mol. The maximum atomic E-state index is 11.7. The van der Waals surface area contributed by atoms with Gasteiger partial charge in [0.05, 0.1) is 24.2 Å². The van der Waals surface area contributed by atoms with Crippen molar-refractivity contribution in [3.8, 4) is 0 Å². The number of rotatable bonds is 8. The van der Waals surface area contributed by atoms with Gasteiger partial charge in [-0.25, -0.2) is 13.1 Å². The highest BCUT2D eigenvalue weighted by molar-refractivity contribution is 7.91. The van der Waals surface area contributed by atoms with Gasteiger partial charge in [0.15, 0.2) is 9.84 Å². The first kappa shape index (κ1) is 15.6. The molecule has 1 heterocycles. The van der Waals surface area contributed by atoms with Crippen molar-refractivity contribution in [1.29, 1.82) is 0 Å². The van der Waals surface area contributed by atoms with E-state index < -0.39 is 9.84 Å². The average molecular weight is 288 g/mol. The zero-order valence-corrected chi connectivity index (χ0v) is 12.0. The lowest BCUT2D eigenvalue weighted by Gasteiger charge is -2.07. The van der Waals surface area contributed by atoms with Crippen LogP contribution in [-0.4, -0.2) is 49.8 Å². The van der Waals surface area contributed by atoms with Gasteiger partial charge in [-0.05, 0) is 7.05 Å².